The number of hydrogen-bond donors (Lipinski definition) is 3. The highest BCUT2D eigenvalue weighted by molar-refractivity contribution is 5.77. The van der Waals surface area contributed by atoms with Gasteiger partial charge in [-0.2, -0.15) is 0 Å². The van der Waals surface area contributed by atoms with Gasteiger partial charge in [-0.3, -0.25) is 4.79 Å². The number of phenols is 1. The highest BCUT2D eigenvalue weighted by Crippen LogP contribution is 2.39. The predicted molar refractivity (Wildman–Crippen MR) is 111 cm³/mol. The minimum Gasteiger partial charge on any atom is -0.508 e. The zero-order valence-electron chi connectivity index (χ0n) is 17.7. The summed E-state index contributed by atoms with van der Waals surface area (Å²) in [4.78, 5) is 14.1. The number of hydrogen-bond acceptors (Lipinski definition) is 4. The molecular weight excluding hydrogens is 354 g/mol. The molecule has 1 aromatic rings. The molecule has 0 radical (unpaired) electrons. The average molecular weight is 392 g/mol. The zero-order valence-corrected chi connectivity index (χ0v) is 17.7. The van der Waals surface area contributed by atoms with Crippen molar-refractivity contribution in [2.45, 2.75) is 89.7 Å². The van der Waals surface area contributed by atoms with Crippen molar-refractivity contribution in [1.82, 2.24) is 4.90 Å². The second kappa shape index (κ2) is 10.3. The normalized spacial score (nSPS) is 20.4. The number of likely N-dealkylation sites (tertiary alicyclic amines) is 1. The van der Waals surface area contributed by atoms with Gasteiger partial charge in [0.25, 0.3) is 0 Å². The number of carbonyl (C=O) groups is 1. The van der Waals surface area contributed by atoms with E-state index < -0.39 is 6.10 Å². The van der Waals surface area contributed by atoms with Gasteiger partial charge in [-0.05, 0) is 36.3 Å². The van der Waals surface area contributed by atoms with E-state index in [0.29, 0.717) is 24.9 Å². The van der Waals surface area contributed by atoms with E-state index in [1.54, 1.807) is 4.90 Å². The van der Waals surface area contributed by atoms with Crippen LogP contribution in [-0.4, -0.2) is 45.4 Å². The van der Waals surface area contributed by atoms with Crippen LogP contribution in [0.4, 0.5) is 0 Å². The van der Waals surface area contributed by atoms with Crippen LogP contribution in [0.15, 0.2) is 18.2 Å². The number of aliphatic hydroxyl groups is 2. The van der Waals surface area contributed by atoms with Gasteiger partial charge in [0, 0.05) is 18.5 Å². The maximum absolute atomic E-state index is 12.4. The fourth-order valence-corrected chi connectivity index (χ4v) is 4.16. The van der Waals surface area contributed by atoms with Crippen LogP contribution >= 0.6 is 0 Å². The lowest BCUT2D eigenvalue weighted by Gasteiger charge is -2.38. The molecule has 1 fully saturated rings. The highest BCUT2D eigenvalue weighted by Gasteiger charge is 2.33. The summed E-state index contributed by atoms with van der Waals surface area (Å²) in [5, 5.41) is 30.0. The fraction of sp³-hybridized carbons (Fsp3) is 0.696. The van der Waals surface area contributed by atoms with E-state index in [4.69, 9.17) is 5.11 Å². The van der Waals surface area contributed by atoms with Crippen LogP contribution in [0.3, 0.4) is 0 Å². The Bertz CT molecular complexity index is 643. The Morgan fingerprint density at radius 1 is 1.25 bits per heavy atom. The monoisotopic (exact) mass is 391 g/mol. The Hall–Kier alpha value is -1.59. The summed E-state index contributed by atoms with van der Waals surface area (Å²) in [7, 11) is 0. The molecule has 1 aliphatic rings. The Balaban J connectivity index is 2.20. The molecule has 1 saturated heterocycles. The molecule has 0 unspecified atom stereocenters. The average Bonchev–Trinajstić information content (AvgIpc) is 2.65. The molecule has 0 aromatic heterocycles. The number of rotatable bonds is 9. The number of carbonyl (C=O) groups excluding carboxylic acids is 1. The van der Waals surface area contributed by atoms with Crippen LogP contribution in [0, 0.1) is 0 Å². The van der Waals surface area contributed by atoms with Gasteiger partial charge >= 0.3 is 0 Å². The summed E-state index contributed by atoms with van der Waals surface area (Å²) < 4.78 is 0. The van der Waals surface area contributed by atoms with Crippen molar-refractivity contribution in [3.05, 3.63) is 29.3 Å². The Kier molecular flexibility index (Phi) is 8.32. The molecule has 2 atom stereocenters. The van der Waals surface area contributed by atoms with Gasteiger partial charge in [-0.1, -0.05) is 58.6 Å². The van der Waals surface area contributed by atoms with E-state index in [2.05, 4.69) is 20.8 Å². The van der Waals surface area contributed by atoms with Crippen LogP contribution in [0.2, 0.25) is 0 Å². The van der Waals surface area contributed by atoms with Crippen LogP contribution < -0.4 is 0 Å². The number of unbranched alkanes of at least 4 members (excludes halogenated alkanes) is 3. The molecule has 3 N–H and O–H groups in total. The third-order valence-corrected chi connectivity index (χ3v) is 6.05. The summed E-state index contributed by atoms with van der Waals surface area (Å²) in [6.45, 7) is 6.86. The van der Waals surface area contributed by atoms with Crippen LogP contribution in [-0.2, 0) is 10.2 Å². The molecule has 0 saturated carbocycles. The molecule has 0 spiro atoms. The third kappa shape index (κ3) is 5.71. The number of benzene rings is 1. The quantitative estimate of drug-likeness (QED) is 0.555. The first kappa shape index (κ1) is 22.7. The molecule has 1 amide bonds. The Morgan fingerprint density at radius 2 is 2.00 bits per heavy atom. The molecule has 1 aliphatic heterocycles. The zero-order chi connectivity index (χ0) is 20.7. The molecule has 0 bridgehead atoms. The first-order valence-electron chi connectivity index (χ1n) is 10.7. The standard InChI is InChI=1S/C23H37NO4/c1-4-5-6-7-12-23(2,3)17-8-9-19(21(27)15-17)20-16-18(26)10-13-24(20)22(28)11-14-25/h8-9,15,18,20,25-27H,4-7,10-14,16H2,1-3H3/t18-,20+/m1/s1. The summed E-state index contributed by atoms with van der Waals surface area (Å²) in [5.41, 5.74) is 1.74. The van der Waals surface area contributed by atoms with E-state index in [0.717, 1.165) is 12.0 Å². The summed E-state index contributed by atoms with van der Waals surface area (Å²) in [6.07, 6.45) is 6.44. The Morgan fingerprint density at radius 3 is 2.64 bits per heavy atom. The van der Waals surface area contributed by atoms with E-state index in [1.807, 2.05) is 18.2 Å². The van der Waals surface area contributed by atoms with E-state index >= 15 is 0 Å². The largest absolute Gasteiger partial charge is 0.508 e. The first-order chi connectivity index (χ1) is 13.3. The first-order valence-corrected chi connectivity index (χ1v) is 10.7. The summed E-state index contributed by atoms with van der Waals surface area (Å²) >= 11 is 0. The third-order valence-electron chi connectivity index (χ3n) is 6.05. The van der Waals surface area contributed by atoms with Crippen LogP contribution in [0.1, 0.15) is 89.3 Å². The lowest BCUT2D eigenvalue weighted by molar-refractivity contribution is -0.137. The minimum atomic E-state index is -0.489. The van der Waals surface area contributed by atoms with Gasteiger partial charge in [0.15, 0.2) is 0 Å². The van der Waals surface area contributed by atoms with Gasteiger partial charge < -0.3 is 20.2 Å². The fourth-order valence-electron chi connectivity index (χ4n) is 4.16. The molecule has 1 aromatic carbocycles. The van der Waals surface area contributed by atoms with Crippen LogP contribution in [0.25, 0.3) is 0 Å². The van der Waals surface area contributed by atoms with Crippen molar-refractivity contribution in [2.24, 2.45) is 0 Å². The van der Waals surface area contributed by atoms with Crippen LogP contribution in [0.5, 0.6) is 5.75 Å². The molecule has 5 heteroatoms. The van der Waals surface area contributed by atoms with Crippen molar-refractivity contribution in [2.75, 3.05) is 13.2 Å². The smallest absolute Gasteiger partial charge is 0.225 e. The maximum Gasteiger partial charge on any atom is 0.225 e. The molecular formula is C23H37NO4. The van der Waals surface area contributed by atoms with Gasteiger partial charge in [-0.25, -0.2) is 0 Å². The Labute approximate surface area is 169 Å². The van der Waals surface area contributed by atoms with E-state index in [1.165, 1.54) is 25.7 Å². The summed E-state index contributed by atoms with van der Waals surface area (Å²) in [6, 6.07) is 5.42. The van der Waals surface area contributed by atoms with Crippen molar-refractivity contribution in [3.63, 3.8) is 0 Å². The lowest BCUT2D eigenvalue weighted by atomic mass is 9.79. The van der Waals surface area contributed by atoms with Gasteiger partial charge in [-0.15, -0.1) is 0 Å². The van der Waals surface area contributed by atoms with Crippen molar-refractivity contribution < 1.29 is 20.1 Å². The minimum absolute atomic E-state index is 0.0256. The second-order valence-corrected chi connectivity index (χ2v) is 8.72. The van der Waals surface area contributed by atoms with Crippen molar-refractivity contribution in [1.29, 1.82) is 0 Å². The van der Waals surface area contributed by atoms with E-state index in [-0.39, 0.29) is 36.1 Å². The molecule has 0 aliphatic carbocycles. The number of amides is 1. The highest BCUT2D eigenvalue weighted by atomic mass is 16.3. The van der Waals surface area contributed by atoms with Crippen molar-refractivity contribution in [3.8, 4) is 5.75 Å². The number of aliphatic hydroxyl groups excluding tert-OH is 2. The van der Waals surface area contributed by atoms with Gasteiger partial charge in [0.1, 0.15) is 5.75 Å². The van der Waals surface area contributed by atoms with E-state index in [9.17, 15) is 15.0 Å². The maximum atomic E-state index is 12.4. The molecule has 2 rings (SSSR count). The second-order valence-electron chi connectivity index (χ2n) is 8.72. The molecule has 158 valence electrons. The van der Waals surface area contributed by atoms with Gasteiger partial charge in [0.2, 0.25) is 5.91 Å². The summed E-state index contributed by atoms with van der Waals surface area (Å²) in [5.74, 6) is 0.0409. The van der Waals surface area contributed by atoms with Crippen molar-refractivity contribution >= 4 is 5.91 Å². The number of aromatic hydroxyl groups is 1. The number of piperidine rings is 1. The predicted octanol–water partition coefficient (Wildman–Crippen LogP) is 4.05. The topological polar surface area (TPSA) is 81.0 Å². The molecule has 5 nitrogen and oxygen atoms in total. The van der Waals surface area contributed by atoms with Gasteiger partial charge in [0.05, 0.1) is 18.8 Å². The molecule has 1 heterocycles. The lowest BCUT2D eigenvalue weighted by Crippen LogP contribution is -2.42. The SMILES string of the molecule is CCCCCCC(C)(C)c1ccc([C@@H]2C[C@H](O)CCN2C(=O)CCO)c(O)c1. The molecule has 28 heavy (non-hydrogen) atoms. The number of nitrogens with zero attached hydrogens (tertiary/aromatic N) is 1. The number of phenolic OH excluding ortho intramolecular Hbond substituents is 1.